The Kier molecular flexibility index (Phi) is 5.00. The number of likely N-dealkylation sites (tertiary alicyclic amines) is 1. The van der Waals surface area contributed by atoms with Crippen LogP contribution in [0.25, 0.3) is 0 Å². The van der Waals surface area contributed by atoms with Gasteiger partial charge in [0, 0.05) is 19.5 Å². The summed E-state index contributed by atoms with van der Waals surface area (Å²) in [4.78, 5) is 20.3. The van der Waals surface area contributed by atoms with E-state index in [1.165, 1.54) is 17.5 Å². The lowest BCUT2D eigenvalue weighted by Crippen LogP contribution is -2.42. The normalized spacial score (nSPS) is 20.0. The second kappa shape index (κ2) is 7.73. The third-order valence-corrected chi connectivity index (χ3v) is 5.23. The van der Waals surface area contributed by atoms with Gasteiger partial charge in [0.25, 0.3) is 5.91 Å². The topological polar surface area (TPSA) is 41.9 Å². The van der Waals surface area contributed by atoms with E-state index < -0.39 is 6.10 Å². The van der Waals surface area contributed by atoms with Crippen LogP contribution in [0.3, 0.4) is 0 Å². The highest BCUT2D eigenvalue weighted by Gasteiger charge is 2.36. The number of nitrogens with zero attached hydrogens (tertiary/aromatic N) is 2. The molecule has 0 bridgehead atoms. The number of piperidine rings is 1. The summed E-state index contributed by atoms with van der Waals surface area (Å²) in [6, 6.07) is 20.6. The number of amides is 1. The molecule has 0 aliphatic carbocycles. The number of hydrogen-bond donors (Lipinski definition) is 0. The molecule has 2 aromatic carbocycles. The molecular weight excluding hydrogens is 324 g/mol. The number of rotatable bonds is 4. The van der Waals surface area contributed by atoms with E-state index in [9.17, 15) is 4.79 Å². The van der Waals surface area contributed by atoms with Crippen LogP contribution in [-0.2, 0) is 9.63 Å². The summed E-state index contributed by atoms with van der Waals surface area (Å²) in [5.74, 6) is 0.111. The molecule has 0 N–H and O–H groups in total. The summed E-state index contributed by atoms with van der Waals surface area (Å²) in [5, 5.41) is 4.36. The smallest absolute Gasteiger partial charge is 0.266 e. The van der Waals surface area contributed by atoms with Gasteiger partial charge in [-0.05, 0) is 30.4 Å². The van der Waals surface area contributed by atoms with Gasteiger partial charge in [0.2, 0.25) is 6.10 Å². The summed E-state index contributed by atoms with van der Waals surface area (Å²) >= 11 is 0. The highest BCUT2D eigenvalue weighted by molar-refractivity contribution is 5.98. The second-order valence-corrected chi connectivity index (χ2v) is 7.02. The van der Waals surface area contributed by atoms with Gasteiger partial charge < -0.3 is 9.74 Å². The standard InChI is InChI=1S/C22H24N2O2/c25-22(24-14-8-3-9-15-24)20-16-19(23-26-20)21(17-10-4-1-5-11-17)18-12-6-2-7-13-18/h1-2,4-7,10-13,20-21H,3,8-9,14-16H2. The Morgan fingerprint density at radius 3 is 2.08 bits per heavy atom. The fraction of sp³-hybridized carbons (Fsp3) is 0.364. The van der Waals surface area contributed by atoms with Gasteiger partial charge in [-0.2, -0.15) is 0 Å². The summed E-state index contributed by atoms with van der Waals surface area (Å²) in [7, 11) is 0. The molecule has 4 heteroatoms. The van der Waals surface area contributed by atoms with E-state index >= 15 is 0 Å². The molecular formula is C22H24N2O2. The van der Waals surface area contributed by atoms with E-state index in [-0.39, 0.29) is 11.8 Å². The van der Waals surface area contributed by atoms with Crippen LogP contribution < -0.4 is 0 Å². The molecule has 1 atom stereocenters. The number of carbonyl (C=O) groups is 1. The molecule has 2 aliphatic heterocycles. The van der Waals surface area contributed by atoms with E-state index in [4.69, 9.17) is 4.84 Å². The number of hydrogen-bond acceptors (Lipinski definition) is 3. The molecule has 26 heavy (non-hydrogen) atoms. The Morgan fingerprint density at radius 2 is 1.50 bits per heavy atom. The molecule has 2 aromatic rings. The zero-order chi connectivity index (χ0) is 17.8. The Morgan fingerprint density at radius 1 is 0.923 bits per heavy atom. The summed E-state index contributed by atoms with van der Waals surface area (Å²) in [5.41, 5.74) is 3.28. The molecule has 1 fully saturated rings. The second-order valence-electron chi connectivity index (χ2n) is 7.02. The van der Waals surface area contributed by atoms with Crippen LogP contribution in [0.5, 0.6) is 0 Å². The minimum atomic E-state index is -0.474. The fourth-order valence-corrected chi connectivity index (χ4v) is 3.88. The lowest BCUT2D eigenvalue weighted by Gasteiger charge is -2.28. The maximum Gasteiger partial charge on any atom is 0.266 e. The number of oxime groups is 1. The maximum absolute atomic E-state index is 12.8. The van der Waals surface area contributed by atoms with E-state index in [2.05, 4.69) is 29.4 Å². The van der Waals surface area contributed by atoms with E-state index in [0.717, 1.165) is 31.6 Å². The van der Waals surface area contributed by atoms with E-state index in [1.54, 1.807) is 0 Å². The van der Waals surface area contributed by atoms with Gasteiger partial charge in [-0.3, -0.25) is 4.79 Å². The molecule has 0 saturated carbocycles. The summed E-state index contributed by atoms with van der Waals surface area (Å²) < 4.78 is 0. The highest BCUT2D eigenvalue weighted by Crippen LogP contribution is 2.31. The predicted molar refractivity (Wildman–Crippen MR) is 102 cm³/mol. The molecule has 4 rings (SSSR count). The molecule has 0 spiro atoms. The maximum atomic E-state index is 12.8. The third-order valence-electron chi connectivity index (χ3n) is 5.23. The molecule has 2 aliphatic rings. The molecule has 2 heterocycles. The Bertz CT molecular complexity index is 728. The van der Waals surface area contributed by atoms with Gasteiger partial charge in [0.15, 0.2) is 0 Å². The fourth-order valence-electron chi connectivity index (χ4n) is 3.88. The van der Waals surface area contributed by atoms with E-state index in [1.807, 2.05) is 41.3 Å². The monoisotopic (exact) mass is 348 g/mol. The molecule has 1 saturated heterocycles. The minimum Gasteiger partial charge on any atom is -0.382 e. The first kappa shape index (κ1) is 16.8. The van der Waals surface area contributed by atoms with Gasteiger partial charge in [0.05, 0.1) is 11.6 Å². The zero-order valence-corrected chi connectivity index (χ0v) is 14.9. The van der Waals surface area contributed by atoms with Gasteiger partial charge in [-0.25, -0.2) is 0 Å². The van der Waals surface area contributed by atoms with Crippen molar-refractivity contribution in [2.24, 2.45) is 5.16 Å². The van der Waals surface area contributed by atoms with Gasteiger partial charge >= 0.3 is 0 Å². The van der Waals surface area contributed by atoms with Crippen molar-refractivity contribution in [2.75, 3.05) is 13.1 Å². The first-order valence-corrected chi connectivity index (χ1v) is 9.44. The van der Waals surface area contributed by atoms with Crippen LogP contribution >= 0.6 is 0 Å². The molecule has 1 amide bonds. The van der Waals surface area contributed by atoms with Crippen molar-refractivity contribution in [3.8, 4) is 0 Å². The van der Waals surface area contributed by atoms with Crippen LogP contribution in [0.4, 0.5) is 0 Å². The molecule has 4 nitrogen and oxygen atoms in total. The van der Waals surface area contributed by atoms with Crippen molar-refractivity contribution < 1.29 is 9.63 Å². The highest BCUT2D eigenvalue weighted by atomic mass is 16.6. The van der Waals surface area contributed by atoms with Crippen molar-refractivity contribution >= 4 is 11.6 Å². The molecule has 1 unspecified atom stereocenters. The summed E-state index contributed by atoms with van der Waals surface area (Å²) in [6.07, 6.45) is 3.47. The van der Waals surface area contributed by atoms with Gasteiger partial charge in [0.1, 0.15) is 0 Å². The zero-order valence-electron chi connectivity index (χ0n) is 14.9. The first-order chi connectivity index (χ1) is 12.8. The number of benzene rings is 2. The third kappa shape index (κ3) is 3.50. The van der Waals surface area contributed by atoms with Crippen LogP contribution in [0.1, 0.15) is 42.7 Å². The summed E-state index contributed by atoms with van der Waals surface area (Å²) in [6.45, 7) is 1.68. The van der Waals surface area contributed by atoms with Crippen molar-refractivity contribution in [3.05, 3.63) is 71.8 Å². The number of carbonyl (C=O) groups excluding carboxylic acids is 1. The predicted octanol–water partition coefficient (Wildman–Crippen LogP) is 3.98. The molecule has 0 aromatic heterocycles. The molecule has 0 radical (unpaired) electrons. The van der Waals surface area contributed by atoms with Gasteiger partial charge in [-0.1, -0.05) is 65.8 Å². The van der Waals surface area contributed by atoms with Crippen molar-refractivity contribution in [2.45, 2.75) is 37.7 Å². The largest absolute Gasteiger partial charge is 0.382 e. The SMILES string of the molecule is O=C(C1CC(C(c2ccccc2)c2ccccc2)=NO1)N1CCCCC1. The lowest BCUT2D eigenvalue weighted by molar-refractivity contribution is -0.143. The average molecular weight is 348 g/mol. The Labute approximate surface area is 154 Å². The van der Waals surface area contributed by atoms with E-state index in [0.29, 0.717) is 6.42 Å². The average Bonchev–Trinajstić information content (AvgIpc) is 3.19. The van der Waals surface area contributed by atoms with Crippen LogP contribution in [-0.4, -0.2) is 35.7 Å². The molecule has 134 valence electrons. The van der Waals surface area contributed by atoms with Crippen LogP contribution in [0.15, 0.2) is 65.8 Å². The lowest BCUT2D eigenvalue weighted by atomic mass is 9.85. The van der Waals surface area contributed by atoms with Crippen molar-refractivity contribution in [1.82, 2.24) is 4.90 Å². The first-order valence-electron chi connectivity index (χ1n) is 9.44. The van der Waals surface area contributed by atoms with Gasteiger partial charge in [-0.15, -0.1) is 0 Å². The van der Waals surface area contributed by atoms with Crippen molar-refractivity contribution in [3.63, 3.8) is 0 Å². The van der Waals surface area contributed by atoms with Crippen molar-refractivity contribution in [1.29, 1.82) is 0 Å². The Hall–Kier alpha value is -2.62. The minimum absolute atomic E-state index is 0.0246. The van der Waals surface area contributed by atoms with Crippen LogP contribution in [0, 0.1) is 0 Å². The quantitative estimate of drug-likeness (QED) is 0.839. The Balaban J connectivity index is 1.55. The van der Waals surface area contributed by atoms with Crippen LogP contribution in [0.2, 0.25) is 0 Å².